The Hall–Kier alpha value is -8.61. The Morgan fingerprint density at radius 2 is 0.765 bits per heavy atom. The summed E-state index contributed by atoms with van der Waals surface area (Å²) in [5, 5.41) is 25.2. The number of aromatic carboxylic acids is 1. The third-order valence-corrected chi connectivity index (χ3v) is 18.2. The minimum atomic E-state index is -1.37. The van der Waals surface area contributed by atoms with Crippen LogP contribution < -0.4 is 21.8 Å². The second kappa shape index (κ2) is 32.0. The van der Waals surface area contributed by atoms with Crippen LogP contribution in [0.5, 0.6) is 0 Å². The van der Waals surface area contributed by atoms with E-state index in [1.807, 2.05) is 96.1 Å². The summed E-state index contributed by atoms with van der Waals surface area (Å²) in [6.07, 6.45) is 15.7. The molecule has 3 aliphatic heterocycles. The van der Waals surface area contributed by atoms with Gasteiger partial charge in [0.15, 0.2) is 69.4 Å². The highest BCUT2D eigenvalue weighted by molar-refractivity contribution is 9.10. The van der Waals surface area contributed by atoms with Crippen molar-refractivity contribution in [3.63, 3.8) is 0 Å². The highest BCUT2D eigenvalue weighted by Gasteiger charge is 2.64. The minimum Gasteiger partial charge on any atom is -0.476 e. The maximum atomic E-state index is 14.7. The number of halogens is 8. The largest absolute Gasteiger partial charge is 0.496 e. The Bertz CT molecular complexity index is 4340. The summed E-state index contributed by atoms with van der Waals surface area (Å²) in [6, 6.07) is 12.8. The Morgan fingerprint density at radius 3 is 1.05 bits per heavy atom. The minimum absolute atomic E-state index is 0.0547. The number of carbonyl (C=O) groups excluding carboxylic acids is 2. The highest BCUT2D eigenvalue weighted by Crippen LogP contribution is 2.43. The van der Waals surface area contributed by atoms with Crippen molar-refractivity contribution in [1.82, 2.24) is 69.9 Å². The van der Waals surface area contributed by atoms with Crippen LogP contribution in [-0.2, 0) is 27.9 Å². The van der Waals surface area contributed by atoms with Gasteiger partial charge in [0, 0.05) is 57.6 Å². The molecule has 0 aromatic carbocycles. The molecular formula is C66H74B3Br2F6N15O10. The quantitative estimate of drug-likeness (QED) is 0.0616. The van der Waals surface area contributed by atoms with Crippen molar-refractivity contribution in [2.45, 2.75) is 156 Å². The average Bonchev–Trinajstić information content (AvgIpc) is 1.60. The second-order valence-corrected chi connectivity index (χ2v) is 28.4. The molecule has 12 heterocycles. The lowest BCUT2D eigenvalue weighted by Gasteiger charge is -2.32. The van der Waals surface area contributed by atoms with E-state index in [9.17, 15) is 40.7 Å². The molecule has 3 fully saturated rings. The fourth-order valence-corrected chi connectivity index (χ4v) is 9.84. The molecule has 9 aromatic heterocycles. The van der Waals surface area contributed by atoms with E-state index in [0.29, 0.717) is 43.0 Å². The second-order valence-electron chi connectivity index (χ2n) is 26.5. The fraction of sp³-hybridized carbons (Fsp3) is 0.364. The molecule has 0 spiro atoms. The van der Waals surface area contributed by atoms with Crippen LogP contribution in [0.3, 0.4) is 0 Å². The lowest BCUT2D eigenvalue weighted by molar-refractivity contribution is 0.00578. The Morgan fingerprint density at radius 1 is 0.451 bits per heavy atom. The van der Waals surface area contributed by atoms with E-state index in [1.54, 1.807) is 50.4 Å². The van der Waals surface area contributed by atoms with Gasteiger partial charge < -0.3 is 49.4 Å². The number of nitrogens with zero attached hydrogens (tertiary/aromatic N) is 12. The van der Waals surface area contributed by atoms with Crippen LogP contribution in [-0.4, -0.2) is 137 Å². The van der Waals surface area contributed by atoms with Crippen molar-refractivity contribution in [3.05, 3.63) is 207 Å². The van der Waals surface area contributed by atoms with E-state index in [4.69, 9.17) is 38.8 Å². The standard InChI is InChI=1S/C22H24BF2N5O3.C16H12BrF2N5O.C12H24B2O4.C10H11FN4.C6H3BrFNO2/c1-13(14-6-7-18(26-9-14)30-12-16(24)11-28-30)29-20(31)19-17(25)8-15(10-27-19)23-32-21(2,3)22(4,5)33-23;1-9(23-16(25)15-13(19)4-11(17)6-21-15)10-2-3-14(20-5-10)24-8-12(18)7-22-24;1-9(2)10(3,4)16-13(15-9)14-17-11(5,6)12(7,8)18-14;1-7(12)8-2-3-10(13-4-8)15-6-9(11)5-14-15;7-3-1-4(8)5(6(10)11)9-2-3/h6-13H,1-5H3,(H,29,31);2-9H,1H3,(H,23,25);1-8H3;2-7H,12H2,1H3;1-2H,(H,10,11)/t13-;9-;;7-;/m00.0./s1. The third kappa shape index (κ3) is 19.4. The predicted octanol–water partition coefficient (Wildman–Crippen LogP) is 11.3. The molecule has 0 unspecified atom stereocenters. The Labute approximate surface area is 602 Å². The van der Waals surface area contributed by atoms with E-state index in [0.717, 1.165) is 30.2 Å². The molecule has 25 nitrogen and oxygen atoms in total. The fourth-order valence-electron chi connectivity index (χ4n) is 9.24. The van der Waals surface area contributed by atoms with Gasteiger partial charge in [-0.3, -0.25) is 9.59 Å². The first kappa shape index (κ1) is 79.1. The van der Waals surface area contributed by atoms with Gasteiger partial charge in [0.05, 0.1) is 82.9 Å². The zero-order valence-corrected chi connectivity index (χ0v) is 61.3. The first-order chi connectivity index (χ1) is 47.6. The van der Waals surface area contributed by atoms with Gasteiger partial charge >= 0.3 is 27.1 Å². The lowest BCUT2D eigenvalue weighted by atomic mass is 9.49. The van der Waals surface area contributed by atoms with Crippen LogP contribution >= 0.6 is 31.9 Å². The third-order valence-electron chi connectivity index (χ3n) is 17.3. The van der Waals surface area contributed by atoms with Gasteiger partial charge in [-0.2, -0.15) is 15.3 Å². The molecule has 3 atom stereocenters. The summed E-state index contributed by atoms with van der Waals surface area (Å²) in [7, 11) is -1.73. The van der Waals surface area contributed by atoms with Crippen LogP contribution in [0.25, 0.3) is 17.5 Å². The predicted molar refractivity (Wildman–Crippen MR) is 371 cm³/mol. The van der Waals surface area contributed by atoms with Crippen molar-refractivity contribution in [2.75, 3.05) is 0 Å². The number of carboxylic acid groups (broad SMARTS) is 1. The molecule has 3 aliphatic rings. The normalized spacial score (nSPS) is 17.2. The molecule has 3 saturated heterocycles. The number of hydrogen-bond acceptors (Lipinski definition) is 19. The van der Waals surface area contributed by atoms with Crippen LogP contribution in [0.1, 0.15) is 170 Å². The molecule has 5 N–H and O–H groups in total. The summed E-state index contributed by atoms with van der Waals surface area (Å²) in [4.78, 5) is 58.7. The maximum Gasteiger partial charge on any atom is 0.496 e. The molecular weight excluding hydrogens is 1470 g/mol. The van der Waals surface area contributed by atoms with Crippen LogP contribution in [0.2, 0.25) is 0 Å². The summed E-state index contributed by atoms with van der Waals surface area (Å²) in [5.74, 6) is -4.88. The number of amides is 2. The summed E-state index contributed by atoms with van der Waals surface area (Å²) in [6.45, 7) is 29.1. The van der Waals surface area contributed by atoms with Crippen LogP contribution in [0, 0.1) is 34.9 Å². The van der Waals surface area contributed by atoms with E-state index < -0.39 is 97.0 Å². The van der Waals surface area contributed by atoms with Gasteiger partial charge in [0.2, 0.25) is 0 Å². The van der Waals surface area contributed by atoms with Crippen LogP contribution in [0.4, 0.5) is 26.3 Å². The number of carboxylic acids is 1. The SMILES string of the molecule is CC1(C)OB(B2OC(C)(C)C(C)(C)O2)OC1(C)C.C[C@H](N)c1ccc(-n2cc(F)cn2)nc1.C[C@H](NC(=O)c1ncc(B2OC(C)(C)C(C)(C)O2)cc1F)c1ccc(-n2cc(F)cn2)nc1.C[C@H](NC(=O)c1ncc(Br)cc1F)c1ccc(-n2cc(F)cn2)nc1.O=C(O)c1ncc(Br)cc1F. The topological polar surface area (TPSA) is 308 Å². The van der Waals surface area contributed by atoms with Gasteiger partial charge in [-0.25, -0.2) is 75.1 Å². The molecule has 538 valence electrons. The van der Waals surface area contributed by atoms with Crippen molar-refractivity contribution in [3.8, 4) is 17.5 Å². The van der Waals surface area contributed by atoms with Crippen molar-refractivity contribution >= 4 is 76.2 Å². The monoisotopic (exact) mass is 1540 g/mol. The van der Waals surface area contributed by atoms with Crippen LogP contribution in [0.15, 0.2) is 138 Å². The van der Waals surface area contributed by atoms with Gasteiger partial charge in [-0.1, -0.05) is 18.2 Å². The Kier molecular flexibility index (Phi) is 24.8. The van der Waals surface area contributed by atoms with Gasteiger partial charge in [-0.15, -0.1) is 0 Å². The molecule has 9 aromatic rings. The molecule has 0 radical (unpaired) electrons. The molecule has 2 amide bonds. The highest BCUT2D eigenvalue weighted by atomic mass is 79.9. The first-order valence-corrected chi connectivity index (χ1v) is 33.1. The first-order valence-electron chi connectivity index (χ1n) is 31.5. The molecule has 0 saturated carbocycles. The van der Waals surface area contributed by atoms with Gasteiger partial charge in [-0.05, 0) is 189 Å². The van der Waals surface area contributed by atoms with E-state index in [2.05, 4.69) is 87.7 Å². The van der Waals surface area contributed by atoms with Gasteiger partial charge in [0.1, 0.15) is 0 Å². The zero-order chi connectivity index (χ0) is 75.2. The summed E-state index contributed by atoms with van der Waals surface area (Å²) < 4.78 is 120. The summed E-state index contributed by atoms with van der Waals surface area (Å²) in [5.41, 5.74) is 4.62. The molecule has 36 heteroatoms. The maximum absolute atomic E-state index is 14.7. The average molecular weight is 1540 g/mol. The lowest BCUT2D eigenvalue weighted by Crippen LogP contribution is -2.41. The van der Waals surface area contributed by atoms with Crippen molar-refractivity contribution < 1.29 is 73.8 Å². The van der Waals surface area contributed by atoms with Crippen molar-refractivity contribution in [2.24, 2.45) is 5.73 Å². The summed E-state index contributed by atoms with van der Waals surface area (Å²) >= 11 is 6.04. The number of aromatic nitrogens is 12. The Balaban J connectivity index is 0.000000170. The molecule has 0 aliphatic carbocycles. The number of nitrogens with two attached hydrogens (primary N) is 1. The van der Waals surface area contributed by atoms with E-state index in [-0.39, 0.29) is 45.7 Å². The number of nitrogens with one attached hydrogen (secondary N) is 2. The molecule has 0 bridgehead atoms. The van der Waals surface area contributed by atoms with Crippen molar-refractivity contribution in [1.29, 1.82) is 0 Å². The molecule has 12 rings (SSSR count). The number of carbonyl (C=O) groups is 3. The van der Waals surface area contributed by atoms with Gasteiger partial charge in [0.25, 0.3) is 11.8 Å². The zero-order valence-electron chi connectivity index (χ0n) is 58.2. The number of pyridine rings is 6. The number of hydrogen-bond donors (Lipinski definition) is 4. The smallest absolute Gasteiger partial charge is 0.476 e. The van der Waals surface area contributed by atoms with E-state index >= 15 is 0 Å². The van der Waals surface area contributed by atoms with E-state index in [1.165, 1.54) is 75.8 Å². The number of rotatable bonds is 13. The molecule has 102 heavy (non-hydrogen) atoms.